The molecule has 0 spiro atoms. The van der Waals surface area contributed by atoms with Crippen LogP contribution >= 0.6 is 0 Å². The number of aromatic nitrogens is 2. The summed E-state index contributed by atoms with van der Waals surface area (Å²) in [5.41, 5.74) is 1.91. The van der Waals surface area contributed by atoms with E-state index in [2.05, 4.69) is 9.71 Å². The Bertz CT molecular complexity index is 1500. The molecule has 2 aromatic carbocycles. The zero-order valence-corrected chi connectivity index (χ0v) is 20.0. The van der Waals surface area contributed by atoms with Gasteiger partial charge in [-0.2, -0.15) is 0 Å². The van der Waals surface area contributed by atoms with E-state index in [4.69, 9.17) is 9.47 Å². The highest BCUT2D eigenvalue weighted by atomic mass is 32.2. The third-order valence-electron chi connectivity index (χ3n) is 5.45. The van der Waals surface area contributed by atoms with Crippen LogP contribution in [-0.4, -0.2) is 37.9 Å². The molecule has 0 saturated heterocycles. The van der Waals surface area contributed by atoms with Crippen molar-refractivity contribution in [3.63, 3.8) is 0 Å². The minimum atomic E-state index is -3.36. The fraction of sp³-hybridized carbons (Fsp3) is 0.250. The summed E-state index contributed by atoms with van der Waals surface area (Å²) >= 11 is 0. The van der Waals surface area contributed by atoms with Crippen LogP contribution in [0.1, 0.15) is 30.5 Å². The van der Waals surface area contributed by atoms with Crippen molar-refractivity contribution < 1.29 is 17.9 Å². The van der Waals surface area contributed by atoms with Crippen LogP contribution in [0.3, 0.4) is 0 Å². The minimum absolute atomic E-state index is 0.371. The number of hydrogen-bond acceptors (Lipinski definition) is 6. The van der Waals surface area contributed by atoms with E-state index in [1.165, 1.54) is 16.8 Å². The fourth-order valence-electron chi connectivity index (χ4n) is 3.93. The van der Waals surface area contributed by atoms with Crippen molar-refractivity contribution in [1.82, 2.24) is 9.55 Å². The van der Waals surface area contributed by atoms with Crippen LogP contribution in [0.2, 0.25) is 0 Å². The number of rotatable bonds is 6. The number of benzene rings is 2. The van der Waals surface area contributed by atoms with Crippen molar-refractivity contribution >= 4 is 27.9 Å². The van der Waals surface area contributed by atoms with Gasteiger partial charge in [0.1, 0.15) is 5.75 Å². The van der Waals surface area contributed by atoms with Crippen molar-refractivity contribution in [2.75, 3.05) is 24.7 Å². The van der Waals surface area contributed by atoms with Gasteiger partial charge in [-0.05, 0) is 23.8 Å². The maximum Gasteiger partial charge on any atom is 0.333 e. The van der Waals surface area contributed by atoms with Crippen LogP contribution in [0.15, 0.2) is 52.2 Å². The highest BCUT2D eigenvalue weighted by Gasteiger charge is 2.38. The van der Waals surface area contributed by atoms with E-state index in [0.29, 0.717) is 35.0 Å². The maximum absolute atomic E-state index is 12.5. The van der Waals surface area contributed by atoms with E-state index < -0.39 is 21.3 Å². The molecule has 178 valence electrons. The van der Waals surface area contributed by atoms with Crippen LogP contribution in [0.4, 0.5) is 5.69 Å². The lowest BCUT2D eigenvalue weighted by Gasteiger charge is -2.21. The van der Waals surface area contributed by atoms with Gasteiger partial charge in [0.15, 0.2) is 5.75 Å². The predicted octanol–water partition coefficient (Wildman–Crippen LogP) is 2.75. The molecule has 2 heterocycles. The lowest BCUT2D eigenvalue weighted by molar-refractivity contribution is 0.289. The number of nitrogens with zero attached hydrogens (tertiary/aromatic N) is 1. The van der Waals surface area contributed by atoms with Crippen molar-refractivity contribution in [1.29, 1.82) is 0 Å². The van der Waals surface area contributed by atoms with Gasteiger partial charge < -0.3 is 9.47 Å². The first-order chi connectivity index (χ1) is 16.0. The molecule has 0 bridgehead atoms. The van der Waals surface area contributed by atoms with Crippen molar-refractivity contribution in [2.24, 2.45) is 0 Å². The van der Waals surface area contributed by atoms with Crippen molar-refractivity contribution in [2.45, 2.75) is 19.3 Å². The van der Waals surface area contributed by atoms with Gasteiger partial charge in [0.05, 0.1) is 25.7 Å². The first-order valence-electron chi connectivity index (χ1n) is 10.4. The van der Waals surface area contributed by atoms with Gasteiger partial charge in [-0.3, -0.25) is 19.1 Å². The highest BCUT2D eigenvalue weighted by Crippen LogP contribution is 2.49. The van der Waals surface area contributed by atoms with Gasteiger partial charge in [-0.1, -0.05) is 38.1 Å². The molecule has 0 amide bonds. The number of nitrogens with one attached hydrogen (secondary N) is 2. The minimum Gasteiger partial charge on any atom is -0.496 e. The Hall–Kier alpha value is -3.79. The van der Waals surface area contributed by atoms with Crippen LogP contribution in [0, 0.1) is 0 Å². The Labute approximate surface area is 196 Å². The molecule has 0 saturated carbocycles. The molecule has 0 fully saturated rings. The molecule has 10 heteroatoms. The molecule has 0 atom stereocenters. The highest BCUT2D eigenvalue weighted by molar-refractivity contribution is 7.92. The topological polar surface area (TPSA) is 119 Å². The summed E-state index contributed by atoms with van der Waals surface area (Å²) in [6, 6.07) is 9.95. The van der Waals surface area contributed by atoms with Crippen molar-refractivity contribution in [3.05, 3.63) is 80.1 Å². The van der Waals surface area contributed by atoms with E-state index >= 15 is 0 Å². The molecule has 3 aromatic rings. The Balaban J connectivity index is 1.83. The summed E-state index contributed by atoms with van der Waals surface area (Å²) in [7, 11) is -1.77. The lowest BCUT2D eigenvalue weighted by Crippen LogP contribution is -2.27. The van der Waals surface area contributed by atoms with E-state index in [9.17, 15) is 18.0 Å². The average Bonchev–Trinajstić information content (AvgIpc) is 3.07. The summed E-state index contributed by atoms with van der Waals surface area (Å²) in [4.78, 5) is 26.4. The summed E-state index contributed by atoms with van der Waals surface area (Å²) in [5.74, 6) is 1.16. The zero-order chi connectivity index (χ0) is 24.7. The second-order valence-corrected chi connectivity index (χ2v) is 10.5. The van der Waals surface area contributed by atoms with Gasteiger partial charge in [0.25, 0.3) is 5.56 Å². The fourth-order valence-corrected chi connectivity index (χ4v) is 4.50. The van der Waals surface area contributed by atoms with Gasteiger partial charge >= 0.3 is 5.69 Å². The normalized spacial score (nSPS) is 14.6. The van der Waals surface area contributed by atoms with E-state index in [0.717, 1.165) is 17.4 Å². The summed E-state index contributed by atoms with van der Waals surface area (Å²) in [5, 5.41) is 0. The van der Waals surface area contributed by atoms with Crippen LogP contribution in [0.5, 0.6) is 11.5 Å². The molecular weight excluding hydrogens is 458 g/mol. The van der Waals surface area contributed by atoms with E-state index in [-0.39, 0.29) is 5.41 Å². The summed E-state index contributed by atoms with van der Waals surface area (Å²) in [6.45, 7) is 4.47. The van der Waals surface area contributed by atoms with Crippen molar-refractivity contribution in [3.8, 4) is 17.2 Å². The number of fused-ring (bicyclic) bond motifs is 1. The van der Waals surface area contributed by atoms with Gasteiger partial charge in [0.2, 0.25) is 10.0 Å². The molecule has 0 aliphatic carbocycles. The molecule has 0 radical (unpaired) electrons. The second kappa shape index (κ2) is 8.53. The van der Waals surface area contributed by atoms with Gasteiger partial charge in [0, 0.05) is 34.5 Å². The first-order valence-corrected chi connectivity index (χ1v) is 12.3. The largest absolute Gasteiger partial charge is 0.496 e. The smallest absolute Gasteiger partial charge is 0.333 e. The Morgan fingerprint density at radius 3 is 2.47 bits per heavy atom. The molecule has 1 aromatic heterocycles. The summed E-state index contributed by atoms with van der Waals surface area (Å²) in [6.07, 6.45) is 6.22. The van der Waals surface area contributed by atoms with Crippen LogP contribution in [-0.2, 0) is 15.4 Å². The lowest BCUT2D eigenvalue weighted by atomic mass is 9.84. The number of sulfonamides is 1. The maximum atomic E-state index is 12.5. The Kier molecular flexibility index (Phi) is 5.86. The van der Waals surface area contributed by atoms with Crippen LogP contribution in [0.25, 0.3) is 17.8 Å². The van der Waals surface area contributed by atoms with Gasteiger partial charge in [-0.25, -0.2) is 13.2 Å². The Morgan fingerprint density at radius 1 is 1.15 bits per heavy atom. The summed E-state index contributed by atoms with van der Waals surface area (Å²) < 4.78 is 38.3. The second-order valence-electron chi connectivity index (χ2n) is 8.70. The first kappa shape index (κ1) is 23.4. The molecular formula is C24H25N3O6S. The molecule has 2 N–H and O–H groups in total. The number of methoxy groups -OCH3 is 1. The monoisotopic (exact) mass is 483 g/mol. The number of anilines is 1. The number of H-pyrrole nitrogens is 1. The number of ether oxygens (including phenoxy) is 2. The standard InChI is InChI=1S/C24H25N3O6S/c1-24(2)14-33-22-18(27-12-11-19(28)25-23(27)29)13-16(21(32-3)20(22)24)8-5-15-6-9-17(10-7-15)26-34(4,30)31/h5-13,26H,14H2,1-4H3,(H,25,28,29). The van der Waals surface area contributed by atoms with Crippen LogP contribution < -0.4 is 25.4 Å². The third kappa shape index (κ3) is 4.62. The molecule has 1 aliphatic heterocycles. The number of hydrogen-bond donors (Lipinski definition) is 2. The SMILES string of the molecule is COc1c(C=Cc2ccc(NS(C)(=O)=O)cc2)cc(-n2ccc(=O)[nH]c2=O)c2c1C(C)(C)CO2. The molecule has 4 rings (SSSR count). The molecule has 34 heavy (non-hydrogen) atoms. The average molecular weight is 484 g/mol. The predicted molar refractivity (Wildman–Crippen MR) is 132 cm³/mol. The van der Waals surface area contributed by atoms with E-state index in [1.807, 2.05) is 26.0 Å². The molecule has 1 aliphatic rings. The molecule has 9 nitrogen and oxygen atoms in total. The number of aromatic amines is 1. The quantitative estimate of drug-likeness (QED) is 0.521. The Morgan fingerprint density at radius 2 is 1.85 bits per heavy atom. The van der Waals surface area contributed by atoms with Gasteiger partial charge in [-0.15, -0.1) is 0 Å². The third-order valence-corrected chi connectivity index (χ3v) is 6.06. The zero-order valence-electron chi connectivity index (χ0n) is 19.2. The van der Waals surface area contributed by atoms with E-state index in [1.54, 1.807) is 37.4 Å². The molecule has 0 unspecified atom stereocenters.